The minimum absolute atomic E-state index is 0.159. The Balaban J connectivity index is 2.01. The molecule has 1 N–H and O–H groups in total. The lowest BCUT2D eigenvalue weighted by Gasteiger charge is -2.10. The van der Waals surface area contributed by atoms with E-state index in [4.69, 9.17) is 9.15 Å². The molecule has 0 bridgehead atoms. The molecule has 3 rings (SSSR count). The fourth-order valence-corrected chi connectivity index (χ4v) is 2.33. The summed E-state index contributed by atoms with van der Waals surface area (Å²) in [5, 5.41) is 11.2. The molecule has 108 valence electrons. The zero-order valence-electron chi connectivity index (χ0n) is 11.8. The summed E-state index contributed by atoms with van der Waals surface area (Å²) in [5.41, 5.74) is 1.93. The van der Waals surface area contributed by atoms with Crippen LogP contribution in [0.15, 0.2) is 46.9 Å². The Morgan fingerprint density at radius 1 is 1.14 bits per heavy atom. The lowest BCUT2D eigenvalue weighted by molar-refractivity contribution is 0.187. The van der Waals surface area contributed by atoms with Crippen molar-refractivity contribution in [3.8, 4) is 5.75 Å². The molecular formula is C17H15FO3. The van der Waals surface area contributed by atoms with Gasteiger partial charge < -0.3 is 14.3 Å². The van der Waals surface area contributed by atoms with Gasteiger partial charge in [0, 0.05) is 17.0 Å². The molecule has 21 heavy (non-hydrogen) atoms. The topological polar surface area (TPSA) is 42.6 Å². The number of aliphatic hydroxyl groups excluding tert-OH is 1. The van der Waals surface area contributed by atoms with Crippen molar-refractivity contribution in [1.82, 2.24) is 0 Å². The summed E-state index contributed by atoms with van der Waals surface area (Å²) >= 11 is 0. The first kappa shape index (κ1) is 13.6. The molecule has 0 saturated heterocycles. The molecule has 1 atom stereocenters. The first-order chi connectivity index (χ1) is 10.1. The molecule has 0 amide bonds. The fourth-order valence-electron chi connectivity index (χ4n) is 2.33. The summed E-state index contributed by atoms with van der Waals surface area (Å²) in [4.78, 5) is 0. The maximum absolute atomic E-state index is 14.0. The number of methoxy groups -OCH3 is 1. The van der Waals surface area contributed by atoms with Crippen molar-refractivity contribution in [2.75, 3.05) is 7.11 Å². The first-order valence-electron chi connectivity index (χ1n) is 6.60. The molecule has 0 aliphatic heterocycles. The van der Waals surface area contributed by atoms with E-state index in [-0.39, 0.29) is 5.56 Å². The van der Waals surface area contributed by atoms with Gasteiger partial charge in [0.1, 0.15) is 29.0 Å². The summed E-state index contributed by atoms with van der Waals surface area (Å²) in [6.07, 6.45) is -1.15. The Morgan fingerprint density at radius 2 is 1.95 bits per heavy atom. The van der Waals surface area contributed by atoms with Crippen molar-refractivity contribution in [3.05, 3.63) is 65.2 Å². The van der Waals surface area contributed by atoms with Crippen molar-refractivity contribution in [2.45, 2.75) is 13.0 Å². The van der Waals surface area contributed by atoms with Gasteiger partial charge in [-0.1, -0.05) is 11.6 Å². The van der Waals surface area contributed by atoms with Gasteiger partial charge in [0.05, 0.1) is 7.11 Å². The van der Waals surface area contributed by atoms with Gasteiger partial charge in [-0.25, -0.2) is 4.39 Å². The van der Waals surface area contributed by atoms with E-state index in [1.165, 1.54) is 19.2 Å². The molecule has 0 saturated carbocycles. The van der Waals surface area contributed by atoms with E-state index in [9.17, 15) is 9.50 Å². The quantitative estimate of drug-likeness (QED) is 0.792. The predicted molar refractivity (Wildman–Crippen MR) is 78.0 cm³/mol. The molecule has 1 aromatic heterocycles. The number of furan rings is 1. The standard InChI is InChI=1S/C17H15FO3/c1-10-3-6-15-11(7-10)8-16(21-15)17(19)13-5-4-12(20-2)9-14(13)18/h3-9,17,19H,1-2H3. The second-order valence-electron chi connectivity index (χ2n) is 4.98. The summed E-state index contributed by atoms with van der Waals surface area (Å²) < 4.78 is 24.6. The average molecular weight is 286 g/mol. The Labute approximate surface area is 121 Å². The molecule has 4 heteroatoms. The number of fused-ring (bicyclic) bond motifs is 1. The zero-order valence-corrected chi connectivity index (χ0v) is 11.8. The van der Waals surface area contributed by atoms with Crippen molar-refractivity contribution in [3.63, 3.8) is 0 Å². The van der Waals surface area contributed by atoms with Crippen LogP contribution in [0.3, 0.4) is 0 Å². The van der Waals surface area contributed by atoms with Crippen LogP contribution in [0.1, 0.15) is 23.0 Å². The highest BCUT2D eigenvalue weighted by Gasteiger charge is 2.19. The summed E-state index contributed by atoms with van der Waals surface area (Å²) in [6, 6.07) is 11.8. The second-order valence-corrected chi connectivity index (χ2v) is 4.98. The molecule has 0 aliphatic rings. The molecule has 0 radical (unpaired) electrons. The number of rotatable bonds is 3. The largest absolute Gasteiger partial charge is 0.497 e. The molecule has 0 fully saturated rings. The third-order valence-corrected chi connectivity index (χ3v) is 3.46. The van der Waals surface area contributed by atoms with Crippen molar-refractivity contribution in [2.24, 2.45) is 0 Å². The number of hydrogen-bond donors (Lipinski definition) is 1. The molecule has 3 aromatic rings. The van der Waals surface area contributed by atoms with E-state index in [2.05, 4.69) is 0 Å². The van der Waals surface area contributed by atoms with Gasteiger partial charge in [0.15, 0.2) is 0 Å². The second kappa shape index (κ2) is 5.22. The highest BCUT2D eigenvalue weighted by Crippen LogP contribution is 2.31. The van der Waals surface area contributed by atoms with Crippen molar-refractivity contribution >= 4 is 11.0 Å². The summed E-state index contributed by atoms with van der Waals surface area (Å²) in [7, 11) is 1.46. The molecule has 0 spiro atoms. The molecular weight excluding hydrogens is 271 g/mol. The Bertz CT molecular complexity index is 792. The molecule has 2 aromatic carbocycles. The predicted octanol–water partition coefficient (Wildman–Crippen LogP) is 3.97. The van der Waals surface area contributed by atoms with Crippen LogP contribution in [0.2, 0.25) is 0 Å². The van der Waals surface area contributed by atoms with Crippen LogP contribution in [0, 0.1) is 12.7 Å². The lowest BCUT2D eigenvalue weighted by atomic mass is 10.1. The fraction of sp³-hybridized carbons (Fsp3) is 0.176. The minimum atomic E-state index is -1.15. The number of benzene rings is 2. The van der Waals surface area contributed by atoms with Gasteiger partial charge in [-0.15, -0.1) is 0 Å². The highest BCUT2D eigenvalue weighted by atomic mass is 19.1. The zero-order chi connectivity index (χ0) is 15.0. The van der Waals surface area contributed by atoms with Gasteiger partial charge in [0.25, 0.3) is 0 Å². The highest BCUT2D eigenvalue weighted by molar-refractivity contribution is 5.78. The number of hydrogen-bond acceptors (Lipinski definition) is 3. The van der Waals surface area contributed by atoms with Crippen LogP contribution in [0.5, 0.6) is 5.75 Å². The van der Waals surface area contributed by atoms with Crippen LogP contribution in [-0.4, -0.2) is 12.2 Å². The van der Waals surface area contributed by atoms with Crippen LogP contribution in [-0.2, 0) is 0 Å². The number of aliphatic hydroxyl groups is 1. The maximum atomic E-state index is 14.0. The monoisotopic (exact) mass is 286 g/mol. The van der Waals surface area contributed by atoms with Crippen molar-refractivity contribution in [1.29, 1.82) is 0 Å². The Kier molecular flexibility index (Phi) is 3.39. The third kappa shape index (κ3) is 2.50. The Hall–Kier alpha value is -2.33. The van der Waals surface area contributed by atoms with E-state index in [1.54, 1.807) is 12.1 Å². The molecule has 0 aliphatic carbocycles. The van der Waals surface area contributed by atoms with Crippen LogP contribution < -0.4 is 4.74 Å². The van der Waals surface area contributed by atoms with Gasteiger partial charge in [-0.2, -0.15) is 0 Å². The average Bonchev–Trinajstić information content (AvgIpc) is 2.89. The summed E-state index contributed by atoms with van der Waals surface area (Å²) in [6.45, 7) is 1.98. The van der Waals surface area contributed by atoms with E-state index < -0.39 is 11.9 Å². The lowest BCUT2D eigenvalue weighted by Crippen LogP contribution is -2.01. The smallest absolute Gasteiger partial charge is 0.139 e. The molecule has 1 heterocycles. The van der Waals surface area contributed by atoms with E-state index in [1.807, 2.05) is 25.1 Å². The number of halogens is 1. The molecule has 1 unspecified atom stereocenters. The Morgan fingerprint density at radius 3 is 2.67 bits per heavy atom. The van der Waals surface area contributed by atoms with Crippen LogP contribution in [0.25, 0.3) is 11.0 Å². The number of aryl methyl sites for hydroxylation is 1. The normalized spacial score (nSPS) is 12.6. The minimum Gasteiger partial charge on any atom is -0.497 e. The SMILES string of the molecule is COc1ccc(C(O)c2cc3cc(C)ccc3o2)c(F)c1. The van der Waals surface area contributed by atoms with Crippen molar-refractivity contribution < 1.29 is 18.7 Å². The van der Waals surface area contributed by atoms with Gasteiger partial charge in [-0.05, 0) is 37.3 Å². The van der Waals surface area contributed by atoms with Crippen LogP contribution >= 0.6 is 0 Å². The first-order valence-corrected chi connectivity index (χ1v) is 6.60. The van der Waals surface area contributed by atoms with Gasteiger partial charge >= 0.3 is 0 Å². The van der Waals surface area contributed by atoms with Crippen LogP contribution in [0.4, 0.5) is 4.39 Å². The van der Waals surface area contributed by atoms with E-state index >= 15 is 0 Å². The summed E-state index contributed by atoms with van der Waals surface area (Å²) in [5.74, 6) is 0.196. The number of ether oxygens (including phenoxy) is 1. The van der Waals surface area contributed by atoms with Gasteiger partial charge in [-0.3, -0.25) is 0 Å². The van der Waals surface area contributed by atoms with E-state index in [0.29, 0.717) is 17.1 Å². The molecule has 3 nitrogen and oxygen atoms in total. The third-order valence-electron chi connectivity index (χ3n) is 3.46. The maximum Gasteiger partial charge on any atom is 0.139 e. The van der Waals surface area contributed by atoms with E-state index in [0.717, 1.165) is 10.9 Å². The van der Waals surface area contributed by atoms with Gasteiger partial charge in [0.2, 0.25) is 0 Å².